The number of carbonyl (C=O) groups excluding carboxylic acids is 4. The van der Waals surface area contributed by atoms with E-state index in [-0.39, 0.29) is 24.3 Å². The SMILES string of the molecule is CC(C)(C)OC(=O)CNC(C(=O)OC(C)(C)C)[C@@H](CC1CCCCC1)C(=O)N1CCCC1C(=O)NCc1ccc2c(N)nccc2c1. The van der Waals surface area contributed by atoms with Crippen molar-refractivity contribution in [1.29, 1.82) is 0 Å². The number of nitrogens with zero attached hydrogens (tertiary/aromatic N) is 2. The van der Waals surface area contributed by atoms with E-state index in [4.69, 9.17) is 15.2 Å². The number of nitrogen functional groups attached to an aromatic ring is 1. The molecule has 11 heteroatoms. The summed E-state index contributed by atoms with van der Waals surface area (Å²) in [5.41, 5.74) is 5.39. The van der Waals surface area contributed by atoms with E-state index in [9.17, 15) is 19.2 Å². The number of carbonyl (C=O) groups is 4. The first kappa shape index (κ1) is 36.1. The molecule has 2 unspecified atom stereocenters. The number of amides is 2. The van der Waals surface area contributed by atoms with Crippen molar-refractivity contribution in [3.8, 4) is 0 Å². The van der Waals surface area contributed by atoms with E-state index in [1.54, 1.807) is 52.6 Å². The van der Waals surface area contributed by atoms with Gasteiger partial charge < -0.3 is 25.4 Å². The highest BCUT2D eigenvalue weighted by molar-refractivity contribution is 5.93. The van der Waals surface area contributed by atoms with Crippen molar-refractivity contribution in [1.82, 2.24) is 20.5 Å². The molecule has 2 fully saturated rings. The van der Waals surface area contributed by atoms with Gasteiger partial charge in [-0.15, -0.1) is 0 Å². The van der Waals surface area contributed by atoms with Gasteiger partial charge in [0.1, 0.15) is 29.1 Å². The molecule has 1 aliphatic carbocycles. The minimum absolute atomic E-state index is 0.239. The van der Waals surface area contributed by atoms with Gasteiger partial charge >= 0.3 is 11.9 Å². The summed E-state index contributed by atoms with van der Waals surface area (Å²) < 4.78 is 11.3. The second kappa shape index (κ2) is 15.4. The van der Waals surface area contributed by atoms with Crippen LogP contribution in [0.5, 0.6) is 0 Å². The summed E-state index contributed by atoms with van der Waals surface area (Å²) >= 11 is 0. The van der Waals surface area contributed by atoms with Crippen LogP contribution in [0.25, 0.3) is 10.8 Å². The fourth-order valence-corrected chi connectivity index (χ4v) is 6.67. The van der Waals surface area contributed by atoms with Crippen LogP contribution in [-0.4, -0.2) is 70.0 Å². The maximum atomic E-state index is 14.5. The van der Waals surface area contributed by atoms with Crippen molar-refractivity contribution in [2.45, 2.75) is 123 Å². The molecule has 2 aliphatic rings. The summed E-state index contributed by atoms with van der Waals surface area (Å²) in [5.74, 6) is -1.75. The molecule has 1 aromatic heterocycles. The fourth-order valence-electron chi connectivity index (χ4n) is 6.67. The molecule has 2 aromatic rings. The molecule has 258 valence electrons. The molecular weight excluding hydrogens is 598 g/mol. The van der Waals surface area contributed by atoms with Gasteiger partial charge in [0.15, 0.2) is 0 Å². The average Bonchev–Trinajstić information content (AvgIpc) is 3.48. The molecule has 4 N–H and O–H groups in total. The van der Waals surface area contributed by atoms with Crippen molar-refractivity contribution >= 4 is 40.3 Å². The van der Waals surface area contributed by atoms with E-state index in [0.29, 0.717) is 38.2 Å². The molecule has 3 atom stereocenters. The zero-order chi connectivity index (χ0) is 34.4. The summed E-state index contributed by atoms with van der Waals surface area (Å²) in [7, 11) is 0. The standard InChI is InChI=1S/C36H53N5O6/c1-35(2,3)46-29(42)22-39-30(34(45)47-36(4,5)6)27(20-23-11-8-7-9-12-23)33(44)41-18-10-13-28(41)32(43)40-21-24-14-15-26-25(19-24)16-17-38-31(26)37/h14-17,19,23,27-28,30,39H,7-13,18,20-22H2,1-6H3,(H2,37,38)(H,40,43)/t27-,28?,30?/m1/s1. The number of esters is 2. The minimum atomic E-state index is -1.08. The molecule has 1 aromatic carbocycles. The van der Waals surface area contributed by atoms with Gasteiger partial charge in [-0.1, -0.05) is 44.2 Å². The number of hydrogen-bond acceptors (Lipinski definition) is 9. The zero-order valence-corrected chi connectivity index (χ0v) is 28.9. The number of aromatic nitrogens is 1. The van der Waals surface area contributed by atoms with Gasteiger partial charge in [0, 0.05) is 24.7 Å². The Balaban J connectivity index is 1.55. The molecule has 0 bridgehead atoms. The van der Waals surface area contributed by atoms with E-state index < -0.39 is 41.1 Å². The second-order valence-electron chi connectivity index (χ2n) is 15.0. The Kier molecular flexibility index (Phi) is 11.9. The highest BCUT2D eigenvalue weighted by Crippen LogP contribution is 2.33. The third-order valence-corrected chi connectivity index (χ3v) is 8.74. The molecule has 0 spiro atoms. The molecule has 11 nitrogen and oxygen atoms in total. The Morgan fingerprint density at radius 1 is 0.957 bits per heavy atom. The van der Waals surface area contributed by atoms with Gasteiger partial charge in [0.05, 0.1) is 12.5 Å². The predicted octanol–water partition coefficient (Wildman–Crippen LogP) is 4.65. The second-order valence-corrected chi connectivity index (χ2v) is 15.0. The lowest BCUT2D eigenvalue weighted by Crippen LogP contribution is -2.56. The van der Waals surface area contributed by atoms with E-state index in [1.165, 1.54) is 0 Å². The van der Waals surface area contributed by atoms with Crippen molar-refractivity contribution in [3.63, 3.8) is 0 Å². The number of hydrogen-bond donors (Lipinski definition) is 3. The Morgan fingerprint density at radius 2 is 1.66 bits per heavy atom. The van der Waals surface area contributed by atoms with Crippen LogP contribution in [0, 0.1) is 11.8 Å². The van der Waals surface area contributed by atoms with Gasteiger partial charge in [-0.3, -0.25) is 24.5 Å². The maximum Gasteiger partial charge on any atom is 0.324 e. The van der Waals surface area contributed by atoms with Gasteiger partial charge in [0.2, 0.25) is 11.8 Å². The smallest absolute Gasteiger partial charge is 0.324 e. The van der Waals surface area contributed by atoms with Crippen LogP contribution in [0.1, 0.15) is 98.5 Å². The minimum Gasteiger partial charge on any atom is -0.459 e. The highest BCUT2D eigenvalue weighted by atomic mass is 16.6. The van der Waals surface area contributed by atoms with Crippen LogP contribution in [0.3, 0.4) is 0 Å². The van der Waals surface area contributed by atoms with Crippen LogP contribution >= 0.6 is 0 Å². The van der Waals surface area contributed by atoms with Crippen LogP contribution in [-0.2, 0) is 35.2 Å². The number of nitrogens with two attached hydrogens (primary N) is 1. The molecule has 1 saturated heterocycles. The molecule has 0 radical (unpaired) electrons. The monoisotopic (exact) mass is 651 g/mol. The van der Waals surface area contributed by atoms with E-state index in [0.717, 1.165) is 48.4 Å². The van der Waals surface area contributed by atoms with Crippen LogP contribution in [0.2, 0.25) is 0 Å². The fraction of sp³-hybridized carbons (Fsp3) is 0.639. The Bertz CT molecular complexity index is 1430. The first-order chi connectivity index (χ1) is 22.1. The summed E-state index contributed by atoms with van der Waals surface area (Å²) in [6, 6.07) is 5.88. The molecular formula is C36H53N5O6. The molecule has 1 aliphatic heterocycles. The van der Waals surface area contributed by atoms with Gasteiger partial charge in [-0.05, 0) is 89.8 Å². The van der Waals surface area contributed by atoms with Gasteiger partial charge in [0.25, 0.3) is 0 Å². The van der Waals surface area contributed by atoms with Gasteiger partial charge in [-0.2, -0.15) is 0 Å². The number of rotatable bonds is 11. The first-order valence-corrected chi connectivity index (χ1v) is 17.0. The number of anilines is 1. The predicted molar refractivity (Wildman–Crippen MR) is 181 cm³/mol. The highest BCUT2D eigenvalue weighted by Gasteiger charge is 2.44. The summed E-state index contributed by atoms with van der Waals surface area (Å²) in [6.45, 7) is 11.1. The average molecular weight is 652 g/mol. The number of fused-ring (bicyclic) bond motifs is 1. The Labute approximate surface area is 278 Å². The van der Waals surface area contributed by atoms with E-state index in [2.05, 4.69) is 15.6 Å². The molecule has 47 heavy (non-hydrogen) atoms. The van der Waals surface area contributed by atoms with Crippen LogP contribution < -0.4 is 16.4 Å². The zero-order valence-electron chi connectivity index (χ0n) is 28.9. The van der Waals surface area contributed by atoms with Gasteiger partial charge in [-0.25, -0.2) is 4.98 Å². The molecule has 2 amide bonds. The number of pyridine rings is 1. The number of nitrogens with one attached hydrogen (secondary N) is 2. The van der Waals surface area contributed by atoms with Crippen LogP contribution in [0.15, 0.2) is 30.5 Å². The van der Waals surface area contributed by atoms with Crippen molar-refractivity contribution in [2.75, 3.05) is 18.8 Å². The quantitative estimate of drug-likeness (QED) is 0.295. The number of ether oxygens (including phenoxy) is 2. The Hall–Kier alpha value is -3.73. The third-order valence-electron chi connectivity index (χ3n) is 8.74. The maximum absolute atomic E-state index is 14.5. The summed E-state index contributed by atoms with van der Waals surface area (Å²) in [5, 5.41) is 7.86. The molecule has 4 rings (SSSR count). The number of benzene rings is 1. The Morgan fingerprint density at radius 3 is 2.34 bits per heavy atom. The largest absolute Gasteiger partial charge is 0.459 e. The summed E-state index contributed by atoms with van der Waals surface area (Å²) in [6.07, 6.45) is 8.53. The topological polar surface area (TPSA) is 153 Å². The third kappa shape index (κ3) is 10.4. The lowest BCUT2D eigenvalue weighted by atomic mass is 9.79. The van der Waals surface area contributed by atoms with E-state index >= 15 is 0 Å². The van der Waals surface area contributed by atoms with Crippen molar-refractivity contribution < 1.29 is 28.7 Å². The van der Waals surface area contributed by atoms with E-state index in [1.807, 2.05) is 24.3 Å². The lowest BCUT2D eigenvalue weighted by Gasteiger charge is -2.35. The first-order valence-electron chi connectivity index (χ1n) is 17.0. The van der Waals surface area contributed by atoms with Crippen LogP contribution in [0.4, 0.5) is 5.82 Å². The van der Waals surface area contributed by atoms with Crippen molar-refractivity contribution in [2.24, 2.45) is 11.8 Å². The number of likely N-dealkylation sites (tertiary alicyclic amines) is 1. The lowest BCUT2D eigenvalue weighted by molar-refractivity contribution is -0.163. The summed E-state index contributed by atoms with van der Waals surface area (Å²) in [4.78, 5) is 60.4. The normalized spacial score (nSPS) is 18.9. The molecule has 1 saturated carbocycles. The molecule has 2 heterocycles. The van der Waals surface area contributed by atoms with Crippen molar-refractivity contribution in [3.05, 3.63) is 36.0 Å².